The minimum Gasteiger partial charge on any atom is -0.506 e. The molecule has 2 aromatic carbocycles. The third-order valence-corrected chi connectivity index (χ3v) is 6.26. The molecular weight excluding hydrogens is 423 g/mol. The summed E-state index contributed by atoms with van der Waals surface area (Å²) < 4.78 is 21.6. The summed E-state index contributed by atoms with van der Waals surface area (Å²) in [6.07, 6.45) is 1.58. The van der Waals surface area contributed by atoms with E-state index in [9.17, 15) is 19.4 Å². The Morgan fingerprint density at radius 1 is 1.09 bits per heavy atom. The van der Waals surface area contributed by atoms with E-state index in [4.69, 9.17) is 4.74 Å². The zero-order chi connectivity index (χ0) is 23.1. The average molecular weight is 446 g/mol. The number of aromatic nitrogens is 2. The van der Waals surface area contributed by atoms with Crippen molar-refractivity contribution in [3.05, 3.63) is 77.4 Å². The van der Waals surface area contributed by atoms with Crippen LogP contribution in [-0.2, 0) is 4.74 Å². The Hall–Kier alpha value is -3.71. The molecule has 5 rings (SSSR count). The Morgan fingerprint density at radius 3 is 2.48 bits per heavy atom. The molecule has 0 saturated carbocycles. The van der Waals surface area contributed by atoms with Crippen LogP contribution in [0.15, 0.2) is 54.6 Å². The molecule has 7 heteroatoms. The highest BCUT2D eigenvalue weighted by atomic mass is 19.1. The highest BCUT2D eigenvalue weighted by Crippen LogP contribution is 2.45. The number of carboxylic acids is 1. The van der Waals surface area contributed by atoms with Crippen molar-refractivity contribution in [1.29, 1.82) is 0 Å². The second-order valence-corrected chi connectivity index (χ2v) is 8.27. The summed E-state index contributed by atoms with van der Waals surface area (Å²) in [5, 5.41) is 21.0. The molecule has 6 nitrogen and oxygen atoms in total. The SMILES string of the molecule is Cc1nc(-c2c(C3CCOCC3)n(-c3ccc(C(=O)O)cc3)c3c(O)cccc23)ccc1F. The van der Waals surface area contributed by atoms with Gasteiger partial charge in [-0.3, -0.25) is 0 Å². The number of phenols is 1. The van der Waals surface area contributed by atoms with Gasteiger partial charge in [0.1, 0.15) is 11.6 Å². The van der Waals surface area contributed by atoms with Crippen molar-refractivity contribution < 1.29 is 24.1 Å². The molecule has 1 saturated heterocycles. The van der Waals surface area contributed by atoms with E-state index in [1.165, 1.54) is 6.07 Å². The van der Waals surface area contributed by atoms with Gasteiger partial charge in [0.25, 0.3) is 0 Å². The molecule has 0 aliphatic carbocycles. The van der Waals surface area contributed by atoms with E-state index in [1.54, 1.807) is 49.4 Å². The number of benzene rings is 2. The molecule has 0 amide bonds. The predicted molar refractivity (Wildman–Crippen MR) is 123 cm³/mol. The van der Waals surface area contributed by atoms with Crippen LogP contribution in [0.2, 0.25) is 0 Å². The van der Waals surface area contributed by atoms with E-state index < -0.39 is 5.97 Å². The number of halogens is 1. The number of nitrogens with zero attached hydrogens (tertiary/aromatic N) is 2. The zero-order valence-electron chi connectivity index (χ0n) is 18.1. The summed E-state index contributed by atoms with van der Waals surface area (Å²) in [6.45, 7) is 2.87. The Morgan fingerprint density at radius 2 is 1.82 bits per heavy atom. The smallest absolute Gasteiger partial charge is 0.335 e. The van der Waals surface area contributed by atoms with Crippen molar-refractivity contribution >= 4 is 16.9 Å². The fraction of sp³-hybridized carbons (Fsp3) is 0.231. The number of para-hydroxylation sites is 1. The van der Waals surface area contributed by atoms with Crippen molar-refractivity contribution in [2.24, 2.45) is 0 Å². The first-order chi connectivity index (χ1) is 16.0. The summed E-state index contributed by atoms with van der Waals surface area (Å²) >= 11 is 0. The summed E-state index contributed by atoms with van der Waals surface area (Å²) in [7, 11) is 0. The van der Waals surface area contributed by atoms with Crippen LogP contribution in [0.1, 0.15) is 40.5 Å². The van der Waals surface area contributed by atoms with Gasteiger partial charge in [-0.25, -0.2) is 14.2 Å². The second kappa shape index (κ2) is 8.33. The van der Waals surface area contributed by atoms with Crippen LogP contribution in [0.5, 0.6) is 5.75 Å². The molecule has 33 heavy (non-hydrogen) atoms. The molecule has 1 aliphatic rings. The molecule has 3 heterocycles. The van der Waals surface area contributed by atoms with Gasteiger partial charge in [0.05, 0.1) is 22.5 Å². The van der Waals surface area contributed by atoms with Gasteiger partial charge in [-0.2, -0.15) is 0 Å². The molecular formula is C26H23FN2O4. The van der Waals surface area contributed by atoms with Crippen molar-refractivity contribution in [2.75, 3.05) is 13.2 Å². The first-order valence-corrected chi connectivity index (χ1v) is 10.9. The number of hydrogen-bond acceptors (Lipinski definition) is 4. The second-order valence-electron chi connectivity index (χ2n) is 8.27. The summed E-state index contributed by atoms with van der Waals surface area (Å²) in [5.74, 6) is -1.15. The van der Waals surface area contributed by atoms with Crippen LogP contribution in [-0.4, -0.2) is 38.9 Å². The normalized spacial score (nSPS) is 14.6. The molecule has 0 atom stereocenters. The van der Waals surface area contributed by atoms with Gasteiger partial charge in [-0.15, -0.1) is 0 Å². The number of phenolic OH excluding ortho intramolecular Hbond substituents is 1. The molecule has 1 aliphatic heterocycles. The third-order valence-electron chi connectivity index (χ3n) is 6.26. The number of carbonyl (C=O) groups is 1. The van der Waals surface area contributed by atoms with Crippen molar-refractivity contribution in [2.45, 2.75) is 25.7 Å². The molecule has 0 radical (unpaired) electrons. The van der Waals surface area contributed by atoms with E-state index in [-0.39, 0.29) is 23.0 Å². The quantitative estimate of drug-likeness (QED) is 0.436. The van der Waals surface area contributed by atoms with Crippen LogP contribution in [0.25, 0.3) is 27.8 Å². The maximum absolute atomic E-state index is 14.0. The number of ether oxygens (including phenoxy) is 1. The summed E-state index contributed by atoms with van der Waals surface area (Å²) in [6, 6.07) is 15.0. The maximum atomic E-state index is 14.0. The Bertz CT molecular complexity index is 1360. The number of aromatic carboxylic acids is 1. The third kappa shape index (κ3) is 3.64. The van der Waals surface area contributed by atoms with Crippen LogP contribution < -0.4 is 0 Å². The van der Waals surface area contributed by atoms with E-state index in [2.05, 4.69) is 4.98 Å². The van der Waals surface area contributed by atoms with Crippen molar-refractivity contribution in [1.82, 2.24) is 9.55 Å². The maximum Gasteiger partial charge on any atom is 0.335 e. The number of aryl methyl sites for hydroxylation is 1. The van der Waals surface area contributed by atoms with Crippen LogP contribution in [0, 0.1) is 12.7 Å². The average Bonchev–Trinajstić information content (AvgIpc) is 3.18. The molecule has 0 unspecified atom stereocenters. The molecule has 168 valence electrons. The lowest BCUT2D eigenvalue weighted by Crippen LogP contribution is -2.17. The molecule has 2 aromatic heterocycles. The molecule has 0 spiro atoms. The van der Waals surface area contributed by atoms with Crippen molar-refractivity contribution in [3.63, 3.8) is 0 Å². The lowest BCUT2D eigenvalue weighted by Gasteiger charge is -2.25. The standard InChI is InChI=1S/C26H23FN2O4/c1-15-20(27)9-10-21(28-15)23-19-3-2-4-22(30)25(19)29(24(23)16-11-13-33-14-12-16)18-7-5-17(6-8-18)26(31)32/h2-10,16,30H,11-14H2,1H3,(H,31,32). The first-order valence-electron chi connectivity index (χ1n) is 10.9. The molecule has 4 aromatic rings. The minimum absolute atomic E-state index is 0.105. The molecule has 0 bridgehead atoms. The molecule has 1 fully saturated rings. The summed E-state index contributed by atoms with van der Waals surface area (Å²) in [5.41, 5.74) is 4.26. The fourth-order valence-electron chi connectivity index (χ4n) is 4.67. The Kier molecular flexibility index (Phi) is 5.34. The largest absolute Gasteiger partial charge is 0.506 e. The Balaban J connectivity index is 1.86. The number of aromatic hydroxyl groups is 1. The summed E-state index contributed by atoms with van der Waals surface area (Å²) in [4.78, 5) is 15.9. The lowest BCUT2D eigenvalue weighted by molar-refractivity contribution is 0.0697. The van der Waals surface area contributed by atoms with Crippen LogP contribution in [0.4, 0.5) is 4.39 Å². The van der Waals surface area contributed by atoms with Crippen LogP contribution in [0.3, 0.4) is 0 Å². The van der Waals surface area contributed by atoms with Crippen molar-refractivity contribution in [3.8, 4) is 22.7 Å². The number of pyridine rings is 1. The van der Waals surface area contributed by atoms with E-state index in [0.29, 0.717) is 30.1 Å². The fourth-order valence-corrected chi connectivity index (χ4v) is 4.67. The number of hydrogen-bond donors (Lipinski definition) is 2. The van der Waals surface area contributed by atoms with Gasteiger partial charge in [0.15, 0.2) is 0 Å². The first kappa shape index (κ1) is 21.2. The minimum atomic E-state index is -1.00. The van der Waals surface area contributed by atoms with E-state index in [0.717, 1.165) is 35.2 Å². The van der Waals surface area contributed by atoms with Gasteiger partial charge >= 0.3 is 5.97 Å². The highest BCUT2D eigenvalue weighted by molar-refractivity contribution is 6.01. The number of fused-ring (bicyclic) bond motifs is 1. The lowest BCUT2D eigenvalue weighted by atomic mass is 9.91. The van der Waals surface area contributed by atoms with Gasteiger partial charge in [0, 0.05) is 41.5 Å². The van der Waals surface area contributed by atoms with E-state index in [1.807, 2.05) is 10.6 Å². The van der Waals surface area contributed by atoms with Gasteiger partial charge in [-0.1, -0.05) is 12.1 Å². The molecule has 2 N–H and O–H groups in total. The number of carboxylic acid groups (broad SMARTS) is 1. The predicted octanol–water partition coefficient (Wildman–Crippen LogP) is 5.44. The van der Waals surface area contributed by atoms with Gasteiger partial charge < -0.3 is 19.5 Å². The number of rotatable bonds is 4. The van der Waals surface area contributed by atoms with Gasteiger partial charge in [-0.05, 0) is 62.2 Å². The van der Waals surface area contributed by atoms with Gasteiger partial charge in [0.2, 0.25) is 0 Å². The topological polar surface area (TPSA) is 84.6 Å². The van der Waals surface area contributed by atoms with Crippen LogP contribution >= 0.6 is 0 Å². The Labute approximate surface area is 189 Å². The highest BCUT2D eigenvalue weighted by Gasteiger charge is 2.29. The van der Waals surface area contributed by atoms with E-state index >= 15 is 0 Å². The zero-order valence-corrected chi connectivity index (χ0v) is 18.1. The monoisotopic (exact) mass is 446 g/mol.